The van der Waals surface area contributed by atoms with E-state index < -0.39 is 0 Å². The van der Waals surface area contributed by atoms with E-state index in [9.17, 15) is 4.79 Å². The molecule has 2 rings (SSSR count). The molecule has 0 saturated carbocycles. The van der Waals surface area contributed by atoms with Crippen molar-refractivity contribution in [1.82, 2.24) is 9.78 Å². The minimum absolute atomic E-state index is 0.0208. The van der Waals surface area contributed by atoms with Crippen LogP contribution in [-0.2, 0) is 7.05 Å². The third kappa shape index (κ3) is 3.26. The van der Waals surface area contributed by atoms with Crippen LogP contribution in [-0.4, -0.2) is 27.4 Å². The largest absolute Gasteiger partial charge is 0.395 e. The summed E-state index contributed by atoms with van der Waals surface area (Å²) in [5.74, 6) is 6.17. The smallest absolute Gasteiger partial charge is 0.268 e. The Kier molecular flexibility index (Phi) is 4.56. The summed E-state index contributed by atoms with van der Waals surface area (Å²) >= 11 is 1.34. The van der Waals surface area contributed by atoms with Crippen LogP contribution in [0.25, 0.3) is 0 Å². The fourth-order valence-corrected chi connectivity index (χ4v) is 2.44. The van der Waals surface area contributed by atoms with Crippen molar-refractivity contribution in [3.05, 3.63) is 33.6 Å². The number of nitrogens with one attached hydrogen (secondary N) is 1. The number of aromatic nitrogens is 2. The Hall–Kier alpha value is -2.10. The van der Waals surface area contributed by atoms with Crippen molar-refractivity contribution in [2.24, 2.45) is 7.05 Å². The second kappa shape index (κ2) is 6.37. The van der Waals surface area contributed by atoms with Crippen LogP contribution in [0.2, 0.25) is 0 Å². The van der Waals surface area contributed by atoms with Crippen molar-refractivity contribution in [2.45, 2.75) is 13.3 Å². The summed E-state index contributed by atoms with van der Waals surface area (Å²) < 4.78 is 1.62. The molecule has 2 heterocycles. The molecule has 6 heteroatoms. The number of rotatable bonds is 3. The first kappa shape index (κ1) is 14.3. The van der Waals surface area contributed by atoms with Crippen molar-refractivity contribution < 1.29 is 9.90 Å². The summed E-state index contributed by atoms with van der Waals surface area (Å²) in [5.41, 5.74) is 1.52. The number of aliphatic hydroxyl groups excluding tert-OH is 1. The van der Waals surface area contributed by atoms with Crippen LogP contribution in [0.3, 0.4) is 0 Å². The maximum absolute atomic E-state index is 12.2. The van der Waals surface area contributed by atoms with E-state index in [-0.39, 0.29) is 12.5 Å². The Balaban J connectivity index is 2.16. The van der Waals surface area contributed by atoms with Gasteiger partial charge in [-0.1, -0.05) is 11.8 Å². The van der Waals surface area contributed by atoms with Gasteiger partial charge in [-0.3, -0.25) is 9.48 Å². The number of hydrogen-bond acceptors (Lipinski definition) is 4. The molecule has 2 aromatic heterocycles. The molecular weight excluding hydrogens is 274 g/mol. The predicted octanol–water partition coefficient (Wildman–Crippen LogP) is 1.78. The Morgan fingerprint density at radius 3 is 3.05 bits per heavy atom. The van der Waals surface area contributed by atoms with Crippen molar-refractivity contribution in [2.75, 3.05) is 11.9 Å². The lowest BCUT2D eigenvalue weighted by Crippen LogP contribution is -2.14. The highest BCUT2D eigenvalue weighted by atomic mass is 32.1. The summed E-state index contributed by atoms with van der Waals surface area (Å²) in [4.78, 5) is 12.8. The first-order valence-electron chi connectivity index (χ1n) is 6.11. The lowest BCUT2D eigenvalue weighted by Gasteiger charge is -2.03. The molecule has 0 spiro atoms. The highest BCUT2D eigenvalue weighted by Crippen LogP contribution is 2.18. The van der Waals surface area contributed by atoms with E-state index >= 15 is 0 Å². The van der Waals surface area contributed by atoms with E-state index in [1.807, 2.05) is 18.4 Å². The number of carbonyl (C=O) groups excluding carboxylic acids is 1. The van der Waals surface area contributed by atoms with Crippen molar-refractivity contribution in [3.8, 4) is 11.8 Å². The molecule has 0 bridgehead atoms. The summed E-state index contributed by atoms with van der Waals surface area (Å²) in [6, 6.07) is 3.61. The third-order valence-corrected chi connectivity index (χ3v) is 3.49. The van der Waals surface area contributed by atoms with Gasteiger partial charge in [0.15, 0.2) is 0 Å². The Morgan fingerprint density at radius 1 is 1.60 bits per heavy atom. The average Bonchev–Trinajstić information content (AvgIpc) is 2.97. The molecule has 0 saturated heterocycles. The number of aryl methyl sites for hydroxylation is 2. The van der Waals surface area contributed by atoms with Gasteiger partial charge in [0.2, 0.25) is 0 Å². The number of hydrogen-bond donors (Lipinski definition) is 2. The van der Waals surface area contributed by atoms with Gasteiger partial charge >= 0.3 is 0 Å². The van der Waals surface area contributed by atoms with E-state index in [1.54, 1.807) is 17.8 Å². The first-order valence-corrected chi connectivity index (χ1v) is 6.99. The lowest BCUT2D eigenvalue weighted by molar-refractivity contribution is 0.102. The van der Waals surface area contributed by atoms with Crippen LogP contribution in [0.5, 0.6) is 0 Å². The van der Waals surface area contributed by atoms with E-state index in [0.717, 1.165) is 5.69 Å². The third-order valence-electron chi connectivity index (χ3n) is 2.57. The zero-order valence-corrected chi connectivity index (χ0v) is 12.1. The quantitative estimate of drug-likeness (QED) is 0.846. The molecule has 2 aromatic rings. The minimum Gasteiger partial charge on any atom is -0.395 e. The molecule has 0 unspecified atom stereocenters. The summed E-state index contributed by atoms with van der Waals surface area (Å²) in [6.45, 7) is 1.89. The van der Waals surface area contributed by atoms with Crippen LogP contribution in [0.15, 0.2) is 17.5 Å². The molecule has 5 nitrogen and oxygen atoms in total. The van der Waals surface area contributed by atoms with Gasteiger partial charge in [0.05, 0.1) is 12.3 Å². The van der Waals surface area contributed by atoms with Crippen molar-refractivity contribution in [3.63, 3.8) is 0 Å². The van der Waals surface area contributed by atoms with Crippen LogP contribution in [0.4, 0.5) is 5.82 Å². The lowest BCUT2D eigenvalue weighted by atomic mass is 10.2. The van der Waals surface area contributed by atoms with Crippen LogP contribution >= 0.6 is 11.3 Å². The standard InChI is InChI=1S/C14H15N3O2S/c1-10-9-12(17(2)16-10)15-14(19)13-11(6-8-20-13)5-3-4-7-18/h6,8-9,18H,4,7H2,1-2H3,(H,15,19). The predicted molar refractivity (Wildman–Crippen MR) is 78.8 cm³/mol. The monoisotopic (exact) mass is 289 g/mol. The number of thiophene rings is 1. The molecule has 0 aliphatic heterocycles. The van der Waals surface area contributed by atoms with Gasteiger partial charge in [-0.25, -0.2) is 0 Å². The molecule has 0 fully saturated rings. The fraction of sp³-hybridized carbons (Fsp3) is 0.286. The van der Waals surface area contributed by atoms with Crippen LogP contribution < -0.4 is 5.32 Å². The fourth-order valence-electron chi connectivity index (χ4n) is 1.70. The summed E-state index contributed by atoms with van der Waals surface area (Å²) in [5, 5.41) is 17.5. The SMILES string of the molecule is Cc1cc(NC(=O)c2sccc2C#CCCO)n(C)n1. The zero-order valence-electron chi connectivity index (χ0n) is 11.3. The van der Waals surface area contributed by atoms with Crippen molar-refractivity contribution >= 4 is 23.1 Å². The van der Waals surface area contributed by atoms with Gasteiger partial charge in [-0.2, -0.15) is 5.10 Å². The summed E-state index contributed by atoms with van der Waals surface area (Å²) in [6.07, 6.45) is 0.401. The molecule has 0 aliphatic carbocycles. The van der Waals surface area contributed by atoms with Gasteiger partial charge in [0.1, 0.15) is 10.7 Å². The topological polar surface area (TPSA) is 67.2 Å². The number of nitrogens with zero attached hydrogens (tertiary/aromatic N) is 2. The van der Waals surface area contributed by atoms with Gasteiger partial charge in [-0.15, -0.1) is 11.3 Å². The highest BCUT2D eigenvalue weighted by Gasteiger charge is 2.14. The van der Waals surface area contributed by atoms with Gasteiger partial charge in [0, 0.05) is 25.1 Å². The molecule has 0 aromatic carbocycles. The second-order valence-electron chi connectivity index (χ2n) is 4.19. The molecular formula is C14H15N3O2S. The molecule has 20 heavy (non-hydrogen) atoms. The van der Waals surface area contributed by atoms with Gasteiger partial charge < -0.3 is 10.4 Å². The Morgan fingerprint density at radius 2 is 2.40 bits per heavy atom. The zero-order chi connectivity index (χ0) is 14.5. The second-order valence-corrected chi connectivity index (χ2v) is 5.10. The first-order chi connectivity index (χ1) is 9.61. The maximum Gasteiger partial charge on any atom is 0.268 e. The van der Waals surface area contributed by atoms with Crippen molar-refractivity contribution in [1.29, 1.82) is 0 Å². The van der Waals surface area contributed by atoms with Gasteiger partial charge in [0.25, 0.3) is 5.91 Å². The molecule has 0 aliphatic rings. The Labute approximate surface area is 121 Å². The summed E-state index contributed by atoms with van der Waals surface area (Å²) in [7, 11) is 1.78. The Bertz CT molecular complexity index is 676. The van der Waals surface area contributed by atoms with E-state index in [1.165, 1.54) is 11.3 Å². The van der Waals surface area contributed by atoms with Crippen LogP contribution in [0, 0.1) is 18.8 Å². The molecule has 0 radical (unpaired) electrons. The molecule has 104 valence electrons. The van der Waals surface area contributed by atoms with E-state index in [2.05, 4.69) is 22.3 Å². The minimum atomic E-state index is -0.198. The average molecular weight is 289 g/mol. The van der Waals surface area contributed by atoms with Crippen LogP contribution in [0.1, 0.15) is 27.3 Å². The molecule has 2 N–H and O–H groups in total. The molecule has 0 atom stereocenters. The number of anilines is 1. The highest BCUT2D eigenvalue weighted by molar-refractivity contribution is 7.12. The number of amides is 1. The van der Waals surface area contributed by atoms with E-state index in [0.29, 0.717) is 22.7 Å². The van der Waals surface area contributed by atoms with Gasteiger partial charge in [-0.05, 0) is 18.4 Å². The normalized spacial score (nSPS) is 9.95. The number of carbonyl (C=O) groups is 1. The molecule has 1 amide bonds. The number of aliphatic hydroxyl groups is 1. The maximum atomic E-state index is 12.2. The van der Waals surface area contributed by atoms with E-state index in [4.69, 9.17) is 5.11 Å².